The van der Waals surface area contributed by atoms with Gasteiger partial charge in [-0.15, -0.1) is 0 Å². The molecule has 0 heteroatoms. The molecule has 0 aliphatic heterocycles. The van der Waals surface area contributed by atoms with Crippen LogP contribution in [0, 0.1) is 10.4 Å². The Morgan fingerprint density at radius 3 is 2.45 bits per heavy atom. The Morgan fingerprint density at radius 1 is 0.818 bits per heavy atom. The van der Waals surface area contributed by atoms with Crippen LogP contribution >= 0.6 is 0 Å². The minimum atomic E-state index is 0.216. The van der Waals surface area contributed by atoms with Crippen LogP contribution in [0.5, 0.6) is 0 Å². The molecule has 0 aromatic heterocycles. The Bertz CT molecular complexity index is 953. The molecule has 112 valence electrons. The van der Waals surface area contributed by atoms with Gasteiger partial charge < -0.3 is 0 Å². The summed E-state index contributed by atoms with van der Waals surface area (Å²) in [5.41, 5.74) is 4.82. The van der Waals surface area contributed by atoms with E-state index in [1.165, 1.54) is 45.7 Å². The van der Waals surface area contributed by atoms with Crippen LogP contribution in [0.2, 0.25) is 0 Å². The van der Waals surface area contributed by atoms with Gasteiger partial charge in [0.15, 0.2) is 0 Å². The largest absolute Gasteiger partial charge is 0.0770 e. The lowest BCUT2D eigenvalue weighted by Gasteiger charge is -2.20. The first-order valence-electron chi connectivity index (χ1n) is 8.50. The molecule has 2 aliphatic carbocycles. The van der Waals surface area contributed by atoms with Crippen molar-refractivity contribution in [1.82, 2.24) is 0 Å². The van der Waals surface area contributed by atoms with E-state index in [0.717, 1.165) is 6.42 Å². The van der Waals surface area contributed by atoms with Crippen LogP contribution in [-0.2, 0) is 18.3 Å². The average Bonchev–Trinajstić information content (AvgIpc) is 2.52. The molecule has 0 heterocycles. The zero-order chi connectivity index (χ0) is 15.3. The second kappa shape index (κ2) is 4.84. The van der Waals surface area contributed by atoms with Crippen molar-refractivity contribution in [2.75, 3.05) is 0 Å². The third-order valence-electron chi connectivity index (χ3n) is 5.20. The van der Waals surface area contributed by atoms with Crippen molar-refractivity contribution in [3.63, 3.8) is 0 Å². The number of hydrogen-bond donors (Lipinski definition) is 0. The normalized spacial score (nSPS) is 16.0. The summed E-state index contributed by atoms with van der Waals surface area (Å²) in [6.07, 6.45) is 9.73. The number of fused-ring (bicyclic) bond motifs is 4. The molecule has 0 atom stereocenters. The highest BCUT2D eigenvalue weighted by atomic mass is 14.2. The van der Waals surface area contributed by atoms with E-state index in [0.29, 0.717) is 0 Å². The monoisotopic (exact) mass is 288 g/mol. The van der Waals surface area contributed by atoms with Crippen LogP contribution in [0.25, 0.3) is 12.2 Å². The Labute approximate surface area is 132 Å². The highest BCUT2D eigenvalue weighted by Gasteiger charge is 2.15. The third kappa shape index (κ3) is 2.13. The zero-order valence-corrected chi connectivity index (χ0v) is 13.9. The summed E-state index contributed by atoms with van der Waals surface area (Å²) >= 11 is 0. The van der Waals surface area contributed by atoms with E-state index in [1.54, 1.807) is 11.1 Å². The summed E-state index contributed by atoms with van der Waals surface area (Å²) in [7, 11) is 0. The molecule has 0 radical (unpaired) electrons. The summed E-state index contributed by atoms with van der Waals surface area (Å²) in [6, 6.07) is 11.7. The molecule has 0 N–H and O–H groups in total. The van der Waals surface area contributed by atoms with Crippen molar-refractivity contribution in [2.45, 2.75) is 51.9 Å². The summed E-state index contributed by atoms with van der Waals surface area (Å²) in [4.78, 5) is 0. The van der Waals surface area contributed by atoms with Gasteiger partial charge >= 0.3 is 0 Å². The molecule has 0 fully saturated rings. The van der Waals surface area contributed by atoms with Crippen molar-refractivity contribution in [1.29, 1.82) is 0 Å². The summed E-state index contributed by atoms with van der Waals surface area (Å²) < 4.78 is 0. The molecule has 2 aromatic carbocycles. The first-order chi connectivity index (χ1) is 10.5. The van der Waals surface area contributed by atoms with Crippen molar-refractivity contribution in [2.24, 2.45) is 0 Å². The molecule has 0 unspecified atom stereocenters. The van der Waals surface area contributed by atoms with Crippen LogP contribution in [0.3, 0.4) is 0 Å². The van der Waals surface area contributed by atoms with Gasteiger partial charge in [-0.1, -0.05) is 63.3 Å². The van der Waals surface area contributed by atoms with E-state index < -0.39 is 0 Å². The number of hydrogen-bond acceptors (Lipinski definition) is 0. The van der Waals surface area contributed by atoms with E-state index in [-0.39, 0.29) is 5.41 Å². The van der Waals surface area contributed by atoms with Gasteiger partial charge in [-0.3, -0.25) is 0 Å². The lowest BCUT2D eigenvalue weighted by Crippen LogP contribution is -2.21. The smallest absolute Gasteiger partial charge is 0.00791 e. The van der Waals surface area contributed by atoms with E-state index >= 15 is 0 Å². The van der Waals surface area contributed by atoms with Crippen LogP contribution in [0.4, 0.5) is 0 Å². The number of benzene rings is 2. The first-order valence-corrected chi connectivity index (χ1v) is 8.50. The van der Waals surface area contributed by atoms with Gasteiger partial charge in [-0.05, 0) is 68.7 Å². The van der Waals surface area contributed by atoms with Crippen LogP contribution in [0.1, 0.15) is 50.3 Å². The predicted molar refractivity (Wildman–Crippen MR) is 94.1 cm³/mol. The molecular weight excluding hydrogens is 264 g/mol. The van der Waals surface area contributed by atoms with E-state index in [2.05, 4.69) is 63.3 Å². The molecule has 2 aromatic rings. The van der Waals surface area contributed by atoms with Crippen molar-refractivity contribution >= 4 is 12.2 Å². The molecule has 4 rings (SSSR count). The maximum absolute atomic E-state index is 2.43. The van der Waals surface area contributed by atoms with Gasteiger partial charge in [-0.2, -0.15) is 0 Å². The minimum Gasteiger partial charge on any atom is -0.0770 e. The van der Waals surface area contributed by atoms with Crippen molar-refractivity contribution in [3.05, 3.63) is 67.9 Å². The first kappa shape index (κ1) is 13.8. The standard InChI is InChI=1S/C22H24/c1-22(2,3)17-10-13-19-16(14-17)9-12-20-18-7-5-4-6-15(18)8-11-21(19)20/h6,8-11,13-14H,4-5,7,12H2,1-3H3. The highest BCUT2D eigenvalue weighted by Crippen LogP contribution is 2.22. The molecular formula is C22H24. The third-order valence-corrected chi connectivity index (χ3v) is 5.20. The van der Waals surface area contributed by atoms with Crippen LogP contribution in [0.15, 0.2) is 30.3 Å². The Balaban J connectivity index is 2.07. The second-order valence-electron chi connectivity index (χ2n) is 7.72. The fraction of sp³-hybridized carbons (Fsp3) is 0.364. The summed E-state index contributed by atoms with van der Waals surface area (Å²) in [6.45, 7) is 6.87. The summed E-state index contributed by atoms with van der Waals surface area (Å²) in [5, 5.41) is 5.78. The SMILES string of the molecule is CC(C)(C)c1ccc2c(c1)=CCc1c3c(ccc1=2)=CCCC3. The van der Waals surface area contributed by atoms with E-state index in [1.807, 2.05) is 0 Å². The molecule has 2 aliphatic rings. The maximum Gasteiger partial charge on any atom is -0.00791 e. The zero-order valence-electron chi connectivity index (χ0n) is 13.9. The second-order valence-corrected chi connectivity index (χ2v) is 7.72. The quantitative estimate of drug-likeness (QED) is 0.693. The Hall–Kier alpha value is -1.82. The van der Waals surface area contributed by atoms with Crippen molar-refractivity contribution < 1.29 is 0 Å². The van der Waals surface area contributed by atoms with Crippen molar-refractivity contribution in [3.8, 4) is 0 Å². The van der Waals surface area contributed by atoms with Gasteiger partial charge in [-0.25, -0.2) is 0 Å². The topological polar surface area (TPSA) is 0 Å². The fourth-order valence-corrected chi connectivity index (χ4v) is 3.87. The lowest BCUT2D eigenvalue weighted by molar-refractivity contribution is 0.589. The maximum atomic E-state index is 2.43. The Morgan fingerprint density at radius 2 is 1.64 bits per heavy atom. The molecule has 0 bridgehead atoms. The van der Waals surface area contributed by atoms with E-state index in [9.17, 15) is 0 Å². The number of rotatable bonds is 0. The van der Waals surface area contributed by atoms with Gasteiger partial charge in [0, 0.05) is 0 Å². The van der Waals surface area contributed by atoms with Gasteiger partial charge in [0.2, 0.25) is 0 Å². The Kier molecular flexibility index (Phi) is 3.04. The van der Waals surface area contributed by atoms with Crippen LogP contribution in [-0.4, -0.2) is 0 Å². The molecule has 22 heavy (non-hydrogen) atoms. The van der Waals surface area contributed by atoms with Gasteiger partial charge in [0.25, 0.3) is 0 Å². The highest BCUT2D eigenvalue weighted by molar-refractivity contribution is 5.48. The minimum absolute atomic E-state index is 0.216. The van der Waals surface area contributed by atoms with Crippen LogP contribution < -0.4 is 10.4 Å². The summed E-state index contributed by atoms with van der Waals surface area (Å²) in [5.74, 6) is 0. The average molecular weight is 288 g/mol. The molecule has 0 saturated heterocycles. The van der Waals surface area contributed by atoms with E-state index in [4.69, 9.17) is 0 Å². The molecule has 0 saturated carbocycles. The van der Waals surface area contributed by atoms with Gasteiger partial charge in [0.1, 0.15) is 0 Å². The molecule has 0 amide bonds. The molecule has 0 spiro atoms. The van der Waals surface area contributed by atoms with Gasteiger partial charge in [0.05, 0.1) is 0 Å². The molecule has 0 nitrogen and oxygen atoms in total. The predicted octanol–water partition coefficient (Wildman–Crippen LogP) is 3.72. The fourth-order valence-electron chi connectivity index (χ4n) is 3.87. The lowest BCUT2D eigenvalue weighted by atomic mass is 9.84.